The zero-order valence-corrected chi connectivity index (χ0v) is 9.54. The molecule has 0 saturated carbocycles. The first-order chi connectivity index (χ1) is 3.96. The number of rotatable bonds is 0. The second kappa shape index (κ2) is 2.11. The van der Waals surface area contributed by atoms with Crippen LogP contribution >= 0.6 is 0 Å². The summed E-state index contributed by atoms with van der Waals surface area (Å²) in [6, 6.07) is 0. The molecule has 0 N–H and O–H groups in total. The summed E-state index contributed by atoms with van der Waals surface area (Å²) in [5.74, 6) is 0. The van der Waals surface area contributed by atoms with Gasteiger partial charge in [0.05, 0.1) is 0 Å². The summed E-state index contributed by atoms with van der Waals surface area (Å²) in [6.45, 7) is 9.84. The Morgan fingerprint density at radius 3 is 1.67 bits per heavy atom. The Kier molecular flexibility index (Phi) is 1.84. The van der Waals surface area contributed by atoms with E-state index in [1.165, 1.54) is 0 Å². The van der Waals surface area contributed by atoms with Gasteiger partial charge in [-0.25, -0.2) is 0 Å². The van der Waals surface area contributed by atoms with Gasteiger partial charge in [0.25, 0.3) is 0 Å². The van der Waals surface area contributed by atoms with E-state index in [1.54, 1.807) is 9.89 Å². The zero-order valence-electron chi connectivity index (χ0n) is 6.82. The van der Waals surface area contributed by atoms with Crippen LogP contribution in [0.5, 0.6) is 0 Å². The minimum absolute atomic E-state index is 0.671. The van der Waals surface area contributed by atoms with Crippen LogP contribution in [0.15, 0.2) is 0 Å². The Hall–Kier alpha value is 0.736. The molecule has 0 nitrogen and oxygen atoms in total. The molecule has 0 aromatic rings. The van der Waals surface area contributed by atoms with Crippen molar-refractivity contribution in [2.75, 3.05) is 0 Å². The Bertz CT molecular complexity index is 111. The molecule has 0 radical (unpaired) electrons. The summed E-state index contributed by atoms with van der Waals surface area (Å²) in [4.78, 5) is 3.28. The molecule has 0 unspecified atom stereocenters. The van der Waals surface area contributed by atoms with Gasteiger partial charge in [-0.05, 0) is 0 Å². The predicted molar refractivity (Wildman–Crippen MR) is 46.7 cm³/mol. The average Bonchev–Trinajstić information content (AvgIpc) is 1.57. The Labute approximate surface area is 65.6 Å². The van der Waals surface area contributed by atoms with E-state index >= 15 is 0 Å². The van der Waals surface area contributed by atoms with Crippen LogP contribution in [0.4, 0.5) is 0 Å². The van der Waals surface area contributed by atoms with Gasteiger partial charge in [-0.2, -0.15) is 0 Å². The third kappa shape index (κ3) is 1.26. The van der Waals surface area contributed by atoms with Crippen LogP contribution in [-0.4, -0.2) is 23.0 Å². The quantitative estimate of drug-likeness (QED) is 0.535. The first kappa shape index (κ1) is 7.84. The van der Waals surface area contributed by atoms with Gasteiger partial charge in [-0.3, -0.25) is 0 Å². The molecular weight excluding hydrogens is 191 g/mol. The van der Waals surface area contributed by atoms with E-state index in [2.05, 4.69) is 27.3 Å². The van der Waals surface area contributed by atoms with Gasteiger partial charge in [0.1, 0.15) is 0 Å². The van der Waals surface area contributed by atoms with Gasteiger partial charge in [0.15, 0.2) is 0 Å². The Balaban J connectivity index is 2.59. The van der Waals surface area contributed by atoms with Crippen molar-refractivity contribution in [3.63, 3.8) is 0 Å². The van der Waals surface area contributed by atoms with E-state index in [-0.39, 0.29) is 0 Å². The third-order valence-corrected chi connectivity index (χ3v) is 18.5. The van der Waals surface area contributed by atoms with Crippen LogP contribution in [-0.2, 0) is 0 Å². The van der Waals surface area contributed by atoms with E-state index in [0.29, 0.717) is 5.04 Å². The van der Waals surface area contributed by atoms with Crippen molar-refractivity contribution in [1.29, 1.82) is 0 Å². The Morgan fingerprint density at radius 2 is 1.67 bits per heavy atom. The van der Waals surface area contributed by atoms with E-state index in [0.717, 1.165) is 15.0 Å². The van der Waals surface area contributed by atoms with Crippen molar-refractivity contribution in [1.82, 2.24) is 0 Å². The summed E-state index contributed by atoms with van der Waals surface area (Å²) in [6.07, 6.45) is 0. The molecule has 1 rings (SSSR count). The molecule has 1 fully saturated rings. The molecule has 54 valence electrons. The molecular formula is C7H16SeSi. The molecule has 1 heterocycles. The minimum atomic E-state index is -0.671. The molecule has 0 atom stereocenters. The maximum absolute atomic E-state index is 2.57. The van der Waals surface area contributed by atoms with Crippen LogP contribution in [0.1, 0.15) is 20.8 Å². The van der Waals surface area contributed by atoms with Crippen molar-refractivity contribution in [3.05, 3.63) is 0 Å². The van der Waals surface area contributed by atoms with Crippen molar-refractivity contribution >= 4 is 23.0 Å². The summed E-state index contributed by atoms with van der Waals surface area (Å²) in [7, 11) is -0.671. The van der Waals surface area contributed by atoms with Gasteiger partial charge < -0.3 is 0 Å². The van der Waals surface area contributed by atoms with E-state index in [9.17, 15) is 0 Å². The fourth-order valence-corrected chi connectivity index (χ4v) is 13.1. The van der Waals surface area contributed by atoms with Crippen molar-refractivity contribution in [2.45, 2.75) is 42.2 Å². The van der Waals surface area contributed by atoms with E-state index in [1.807, 2.05) is 0 Å². The molecule has 0 aromatic heterocycles. The topological polar surface area (TPSA) is 0 Å². The predicted octanol–water partition coefficient (Wildman–Crippen LogP) is 2.50. The SMILES string of the molecule is CC(C)(C)[Si]1(C)C[Se]C1. The van der Waals surface area contributed by atoms with E-state index < -0.39 is 8.07 Å². The average molecular weight is 207 g/mol. The first-order valence-corrected chi connectivity index (χ1v) is 8.87. The van der Waals surface area contributed by atoms with Crippen molar-refractivity contribution in [3.8, 4) is 0 Å². The normalized spacial score (nSPS) is 25.3. The monoisotopic (exact) mass is 208 g/mol. The molecule has 0 bridgehead atoms. The fourth-order valence-electron chi connectivity index (χ4n) is 0.841. The summed E-state index contributed by atoms with van der Waals surface area (Å²) < 4.78 is 0. The van der Waals surface area contributed by atoms with Crippen molar-refractivity contribution < 1.29 is 0 Å². The molecule has 1 aliphatic heterocycles. The molecule has 1 saturated heterocycles. The van der Waals surface area contributed by atoms with Gasteiger partial charge in [0, 0.05) is 0 Å². The van der Waals surface area contributed by atoms with Crippen molar-refractivity contribution in [2.24, 2.45) is 0 Å². The summed E-state index contributed by atoms with van der Waals surface area (Å²) in [5, 5.41) is 0.688. The number of hydrogen-bond donors (Lipinski definition) is 0. The molecule has 0 amide bonds. The van der Waals surface area contributed by atoms with Gasteiger partial charge >= 0.3 is 65.3 Å². The molecule has 0 aromatic carbocycles. The second-order valence-corrected chi connectivity index (χ2v) is 14.0. The third-order valence-electron chi connectivity index (χ3n) is 2.65. The second-order valence-electron chi connectivity index (χ2n) is 4.30. The molecule has 0 aliphatic carbocycles. The molecule has 1 aliphatic rings. The van der Waals surface area contributed by atoms with E-state index in [4.69, 9.17) is 0 Å². The molecule has 2 heteroatoms. The molecule has 9 heavy (non-hydrogen) atoms. The van der Waals surface area contributed by atoms with Gasteiger partial charge in [0.2, 0.25) is 0 Å². The van der Waals surface area contributed by atoms with Crippen LogP contribution < -0.4 is 0 Å². The first-order valence-electron chi connectivity index (χ1n) is 3.53. The van der Waals surface area contributed by atoms with Crippen LogP contribution in [0.3, 0.4) is 0 Å². The molecule has 0 spiro atoms. The fraction of sp³-hybridized carbons (Fsp3) is 1.00. The number of hydrogen-bond acceptors (Lipinski definition) is 0. The Morgan fingerprint density at radius 1 is 1.22 bits per heavy atom. The summed E-state index contributed by atoms with van der Waals surface area (Å²) in [5.41, 5.74) is 0. The maximum atomic E-state index is 2.57. The summed E-state index contributed by atoms with van der Waals surface area (Å²) >= 11 is 1.05. The van der Waals surface area contributed by atoms with Crippen LogP contribution in [0, 0.1) is 0 Å². The van der Waals surface area contributed by atoms with Gasteiger partial charge in [-0.1, -0.05) is 0 Å². The standard InChI is InChI=1S/C7H16SeSi/c1-7(2,3)9(4)5-8-6-9/h5-6H2,1-4H3. The van der Waals surface area contributed by atoms with Crippen LogP contribution in [0.25, 0.3) is 0 Å². The van der Waals surface area contributed by atoms with Gasteiger partial charge in [-0.15, -0.1) is 0 Å². The zero-order chi connectivity index (χ0) is 7.12. The van der Waals surface area contributed by atoms with Crippen LogP contribution in [0.2, 0.25) is 21.5 Å².